The zero-order chi connectivity index (χ0) is 20.7. The fraction of sp³-hybridized carbons (Fsp3) is 0.619. The maximum atomic E-state index is 12.2. The Kier molecular flexibility index (Phi) is 8.58. The number of alkyl halides is 1. The molecule has 1 aliphatic heterocycles. The van der Waals surface area contributed by atoms with Crippen molar-refractivity contribution in [2.45, 2.75) is 39.0 Å². The van der Waals surface area contributed by atoms with Crippen molar-refractivity contribution in [2.75, 3.05) is 46.7 Å². The Morgan fingerprint density at radius 3 is 2.43 bits per heavy atom. The van der Waals surface area contributed by atoms with Gasteiger partial charge in [0.2, 0.25) is 5.91 Å². The van der Waals surface area contributed by atoms with E-state index in [9.17, 15) is 4.79 Å². The molecule has 0 radical (unpaired) electrons. The van der Waals surface area contributed by atoms with Gasteiger partial charge < -0.3 is 19.6 Å². The highest BCUT2D eigenvalue weighted by atomic mass is 35.5. The van der Waals surface area contributed by atoms with Gasteiger partial charge in [-0.15, -0.1) is 11.6 Å². The van der Waals surface area contributed by atoms with E-state index in [4.69, 9.17) is 16.6 Å². The maximum Gasteiger partial charge on any atom is 0.225 e. The van der Waals surface area contributed by atoms with Crippen molar-refractivity contribution in [2.24, 2.45) is 4.99 Å². The summed E-state index contributed by atoms with van der Waals surface area (Å²) in [7, 11) is 6.02. The summed E-state index contributed by atoms with van der Waals surface area (Å²) in [6.07, 6.45) is 0.0928. The smallest absolute Gasteiger partial charge is 0.225 e. The topological polar surface area (TPSA) is 42.4 Å². The van der Waals surface area contributed by atoms with Crippen LogP contribution in [0.4, 0.5) is 0 Å². The van der Waals surface area contributed by atoms with E-state index in [1.54, 1.807) is 11.9 Å². The molecular weight excluding hydrogens is 374 g/mol. The predicted molar refractivity (Wildman–Crippen MR) is 117 cm³/mol. The van der Waals surface area contributed by atoms with Gasteiger partial charge in [0.1, 0.15) is 6.17 Å². The summed E-state index contributed by atoms with van der Waals surface area (Å²) in [5.41, 5.74) is 1.25. The highest BCUT2D eigenvalue weighted by Crippen LogP contribution is 2.18. The lowest BCUT2D eigenvalue weighted by atomic mass is 10.1. The van der Waals surface area contributed by atoms with Crippen LogP contribution in [0.25, 0.3) is 0 Å². The van der Waals surface area contributed by atoms with Gasteiger partial charge in [0.15, 0.2) is 5.96 Å². The van der Waals surface area contributed by atoms with Crippen LogP contribution in [0.1, 0.15) is 25.8 Å². The van der Waals surface area contributed by atoms with Gasteiger partial charge >= 0.3 is 0 Å². The number of likely N-dealkylation sites (tertiary alicyclic amines) is 1. The van der Waals surface area contributed by atoms with Gasteiger partial charge in [-0.25, -0.2) is 4.99 Å². The molecule has 1 saturated heterocycles. The SMILES string of the molecule is CCN(Cc1ccccc1)/C(=N\C(C)N(C)C(=O)CCCl)N1CC(N(C)C)C1. The number of guanidine groups is 1. The molecule has 156 valence electrons. The van der Waals surface area contributed by atoms with Gasteiger partial charge in [-0.05, 0) is 33.5 Å². The molecule has 0 aliphatic carbocycles. The van der Waals surface area contributed by atoms with Gasteiger partial charge in [-0.2, -0.15) is 0 Å². The van der Waals surface area contributed by atoms with Crippen LogP contribution in [-0.2, 0) is 11.3 Å². The van der Waals surface area contributed by atoms with Crippen molar-refractivity contribution in [1.82, 2.24) is 19.6 Å². The molecule has 1 amide bonds. The van der Waals surface area contributed by atoms with E-state index in [2.05, 4.69) is 60.0 Å². The molecule has 0 spiro atoms. The molecule has 1 aliphatic rings. The van der Waals surface area contributed by atoms with Crippen LogP contribution in [0.15, 0.2) is 35.3 Å². The Balaban J connectivity index is 2.21. The molecule has 0 N–H and O–H groups in total. The maximum absolute atomic E-state index is 12.2. The second-order valence-electron chi connectivity index (χ2n) is 7.53. The first-order chi connectivity index (χ1) is 13.4. The van der Waals surface area contributed by atoms with Crippen molar-refractivity contribution >= 4 is 23.5 Å². The van der Waals surface area contributed by atoms with Crippen LogP contribution in [-0.4, -0.2) is 90.3 Å². The molecule has 1 aromatic carbocycles. The minimum absolute atomic E-state index is 0.0199. The zero-order valence-electron chi connectivity index (χ0n) is 17.8. The Morgan fingerprint density at radius 2 is 1.89 bits per heavy atom. The molecule has 7 heteroatoms. The summed E-state index contributed by atoms with van der Waals surface area (Å²) in [6.45, 7) is 7.65. The number of amides is 1. The molecule has 1 fully saturated rings. The standard InChI is InChI=1S/C21H34ClN5O/c1-6-26(14-18-10-8-7-9-11-18)21(27-15-19(16-27)24(3)4)23-17(2)25(5)20(28)12-13-22/h7-11,17,19H,6,12-16H2,1-5H3/b23-21+. The lowest BCUT2D eigenvalue weighted by Gasteiger charge is -2.47. The van der Waals surface area contributed by atoms with E-state index in [0.717, 1.165) is 32.1 Å². The van der Waals surface area contributed by atoms with Gasteiger partial charge in [-0.1, -0.05) is 30.3 Å². The van der Waals surface area contributed by atoms with Gasteiger partial charge in [-0.3, -0.25) is 4.79 Å². The number of benzene rings is 1. The van der Waals surface area contributed by atoms with Crippen LogP contribution >= 0.6 is 11.6 Å². The molecule has 1 aromatic rings. The molecule has 0 saturated carbocycles. The number of aliphatic imine (C=N–C) groups is 1. The lowest BCUT2D eigenvalue weighted by Crippen LogP contribution is -2.62. The number of rotatable bonds is 8. The van der Waals surface area contributed by atoms with Crippen LogP contribution < -0.4 is 0 Å². The highest BCUT2D eigenvalue weighted by molar-refractivity contribution is 6.18. The second-order valence-corrected chi connectivity index (χ2v) is 7.90. The van der Waals surface area contributed by atoms with Crippen molar-refractivity contribution in [3.05, 3.63) is 35.9 Å². The molecule has 1 heterocycles. The third kappa shape index (κ3) is 5.85. The third-order valence-corrected chi connectivity index (χ3v) is 5.51. The van der Waals surface area contributed by atoms with E-state index in [0.29, 0.717) is 18.3 Å². The Labute approximate surface area is 174 Å². The minimum Gasteiger partial charge on any atom is -0.339 e. The fourth-order valence-electron chi connectivity index (χ4n) is 3.16. The van der Waals surface area contributed by atoms with E-state index in [1.807, 2.05) is 13.0 Å². The lowest BCUT2D eigenvalue weighted by molar-refractivity contribution is -0.131. The number of halogens is 1. The van der Waals surface area contributed by atoms with Crippen molar-refractivity contribution < 1.29 is 4.79 Å². The van der Waals surface area contributed by atoms with Crippen LogP contribution in [0.2, 0.25) is 0 Å². The van der Waals surface area contributed by atoms with Crippen LogP contribution in [0.3, 0.4) is 0 Å². The number of hydrogen-bond acceptors (Lipinski definition) is 3. The van der Waals surface area contributed by atoms with E-state index in [1.165, 1.54) is 5.56 Å². The van der Waals surface area contributed by atoms with E-state index >= 15 is 0 Å². The largest absolute Gasteiger partial charge is 0.339 e. The predicted octanol–water partition coefficient (Wildman–Crippen LogP) is 2.54. The zero-order valence-corrected chi connectivity index (χ0v) is 18.6. The number of carbonyl (C=O) groups excluding carboxylic acids is 1. The first-order valence-corrected chi connectivity index (χ1v) is 10.5. The first-order valence-electron chi connectivity index (χ1n) is 9.97. The van der Waals surface area contributed by atoms with Gasteiger partial charge in [0.25, 0.3) is 0 Å². The number of likely N-dealkylation sites (N-methyl/N-ethyl adjacent to an activating group) is 1. The van der Waals surface area contributed by atoms with Crippen LogP contribution in [0.5, 0.6) is 0 Å². The summed E-state index contributed by atoms with van der Waals surface area (Å²) >= 11 is 5.74. The number of hydrogen-bond donors (Lipinski definition) is 0. The van der Waals surface area contributed by atoms with E-state index in [-0.39, 0.29) is 12.1 Å². The molecule has 0 bridgehead atoms. The fourth-order valence-corrected chi connectivity index (χ4v) is 3.32. The van der Waals surface area contributed by atoms with Gasteiger partial charge in [0, 0.05) is 51.6 Å². The Hall–Kier alpha value is -1.79. The molecular formula is C21H34ClN5O. The third-order valence-electron chi connectivity index (χ3n) is 5.32. The minimum atomic E-state index is -0.242. The van der Waals surface area contributed by atoms with E-state index < -0.39 is 0 Å². The molecule has 1 unspecified atom stereocenters. The van der Waals surface area contributed by atoms with Crippen molar-refractivity contribution in [3.63, 3.8) is 0 Å². The summed E-state index contributed by atoms with van der Waals surface area (Å²) in [5.74, 6) is 1.31. The van der Waals surface area contributed by atoms with Gasteiger partial charge in [0.05, 0.1) is 0 Å². The molecule has 0 aromatic heterocycles. The summed E-state index contributed by atoms with van der Waals surface area (Å²) in [4.78, 5) is 25.7. The normalized spacial score (nSPS) is 16.1. The first kappa shape index (κ1) is 22.5. The average Bonchev–Trinajstić information content (AvgIpc) is 2.64. The van der Waals surface area contributed by atoms with Crippen molar-refractivity contribution in [1.29, 1.82) is 0 Å². The summed E-state index contributed by atoms with van der Waals surface area (Å²) < 4.78 is 0. The molecule has 2 rings (SSSR count). The monoisotopic (exact) mass is 407 g/mol. The number of nitrogens with zero attached hydrogens (tertiary/aromatic N) is 5. The molecule has 6 nitrogen and oxygen atoms in total. The Morgan fingerprint density at radius 1 is 1.25 bits per heavy atom. The average molecular weight is 408 g/mol. The summed E-state index contributed by atoms with van der Waals surface area (Å²) in [5, 5.41) is 0. The molecule has 1 atom stereocenters. The van der Waals surface area contributed by atoms with Crippen LogP contribution in [0, 0.1) is 0 Å². The second kappa shape index (κ2) is 10.7. The summed E-state index contributed by atoms with van der Waals surface area (Å²) in [6, 6.07) is 11.0. The Bertz CT molecular complexity index is 645. The quantitative estimate of drug-likeness (QED) is 0.377. The molecule has 28 heavy (non-hydrogen) atoms. The van der Waals surface area contributed by atoms with Crippen molar-refractivity contribution in [3.8, 4) is 0 Å². The highest BCUT2D eigenvalue weighted by Gasteiger charge is 2.33. The number of carbonyl (C=O) groups is 1.